The highest BCUT2D eigenvalue weighted by molar-refractivity contribution is 7.13. The van der Waals surface area contributed by atoms with Gasteiger partial charge in [0.15, 0.2) is 0 Å². The van der Waals surface area contributed by atoms with Gasteiger partial charge in [-0.1, -0.05) is 6.07 Å². The van der Waals surface area contributed by atoms with E-state index in [9.17, 15) is 9.59 Å². The number of carbonyl (C=O) groups is 2. The molecule has 146 valence electrons. The van der Waals surface area contributed by atoms with Crippen LogP contribution in [0.1, 0.15) is 12.8 Å². The van der Waals surface area contributed by atoms with Crippen LogP contribution in [0.4, 0.5) is 5.82 Å². The molecular weight excluding hydrogens is 378 g/mol. The van der Waals surface area contributed by atoms with Gasteiger partial charge in [0.1, 0.15) is 12.4 Å². The molecule has 2 aromatic rings. The van der Waals surface area contributed by atoms with Crippen molar-refractivity contribution in [2.75, 3.05) is 24.5 Å². The third-order valence-corrected chi connectivity index (χ3v) is 6.69. The molecule has 0 atom stereocenters. The zero-order chi connectivity index (χ0) is 19.3. The molecule has 3 saturated heterocycles. The minimum absolute atomic E-state index is 0.290. The normalized spacial score (nSPS) is 26.1. The van der Waals surface area contributed by atoms with E-state index in [1.165, 1.54) is 4.88 Å². The molecule has 6 heterocycles. The molecule has 3 fully saturated rings. The Bertz CT molecular complexity index is 921. The zero-order valence-corrected chi connectivity index (χ0v) is 16.4. The van der Waals surface area contributed by atoms with Crippen LogP contribution in [0.3, 0.4) is 0 Å². The Kier molecular flexibility index (Phi) is 4.06. The molecule has 28 heavy (non-hydrogen) atoms. The maximum Gasteiger partial charge on any atom is 0.339 e. The van der Waals surface area contributed by atoms with Crippen molar-refractivity contribution < 1.29 is 19.1 Å². The molecular formula is C20H21N3O4S. The number of carbonyl (C=O) groups excluding carboxylic acids is 2. The third kappa shape index (κ3) is 2.75. The van der Waals surface area contributed by atoms with Crippen LogP contribution >= 0.6 is 11.3 Å². The van der Waals surface area contributed by atoms with Crippen molar-refractivity contribution >= 4 is 29.1 Å². The smallest absolute Gasteiger partial charge is 0.339 e. The Morgan fingerprint density at radius 3 is 2.43 bits per heavy atom. The second-order valence-electron chi connectivity index (χ2n) is 7.35. The van der Waals surface area contributed by atoms with Crippen LogP contribution in [-0.2, 0) is 26.1 Å². The standard InChI is InChI=1S/C20H21N3O4S/c1-21-15(16-3-2-12-28-16)4-5-17(21)23-13-20(22-10-8-14(23)9-11-22)26-18(24)6-7-19(25)27-20/h2-7,12,14H,8-11,13H2,1H3. The fraction of sp³-hybridized carbons (Fsp3) is 0.400. The van der Waals surface area contributed by atoms with Gasteiger partial charge in [-0.25, -0.2) is 14.5 Å². The molecule has 7 nitrogen and oxygen atoms in total. The van der Waals surface area contributed by atoms with Crippen molar-refractivity contribution in [2.45, 2.75) is 24.8 Å². The summed E-state index contributed by atoms with van der Waals surface area (Å²) in [5.41, 5.74) is 1.13. The number of hydrogen-bond donors (Lipinski definition) is 0. The summed E-state index contributed by atoms with van der Waals surface area (Å²) in [6.45, 7) is 1.71. The lowest BCUT2D eigenvalue weighted by molar-refractivity contribution is -0.274. The van der Waals surface area contributed by atoms with Gasteiger partial charge in [-0.2, -0.15) is 0 Å². The van der Waals surface area contributed by atoms with Gasteiger partial charge in [-0.05, 0) is 36.4 Å². The Balaban J connectivity index is 1.55. The lowest BCUT2D eigenvalue weighted by Gasteiger charge is -2.39. The molecule has 0 aromatic carbocycles. The first-order valence-electron chi connectivity index (χ1n) is 9.41. The van der Waals surface area contributed by atoms with Crippen LogP contribution in [0.2, 0.25) is 0 Å². The van der Waals surface area contributed by atoms with Crippen molar-refractivity contribution in [1.29, 1.82) is 0 Å². The van der Waals surface area contributed by atoms with Gasteiger partial charge in [0.2, 0.25) is 0 Å². The van der Waals surface area contributed by atoms with Crippen LogP contribution < -0.4 is 4.90 Å². The third-order valence-electron chi connectivity index (χ3n) is 5.80. The van der Waals surface area contributed by atoms with Crippen LogP contribution in [0, 0.1) is 0 Å². The summed E-state index contributed by atoms with van der Waals surface area (Å²) in [5, 5.41) is 2.06. The summed E-state index contributed by atoms with van der Waals surface area (Å²) in [7, 11) is 2.04. The zero-order valence-electron chi connectivity index (χ0n) is 15.5. The van der Waals surface area contributed by atoms with E-state index in [4.69, 9.17) is 9.47 Å². The molecule has 0 aliphatic carbocycles. The quantitative estimate of drug-likeness (QED) is 0.723. The molecule has 8 heteroatoms. The predicted octanol–water partition coefficient (Wildman–Crippen LogP) is 2.35. The molecule has 2 bridgehead atoms. The van der Waals surface area contributed by atoms with Gasteiger partial charge in [0.25, 0.3) is 0 Å². The number of anilines is 1. The highest BCUT2D eigenvalue weighted by atomic mass is 32.1. The Morgan fingerprint density at radius 1 is 1.07 bits per heavy atom. The van der Waals surface area contributed by atoms with E-state index < -0.39 is 17.8 Å². The number of fused-ring (bicyclic) bond motifs is 3. The number of aromatic nitrogens is 1. The van der Waals surface area contributed by atoms with E-state index >= 15 is 0 Å². The highest BCUT2D eigenvalue weighted by Crippen LogP contribution is 2.38. The summed E-state index contributed by atoms with van der Waals surface area (Å²) in [4.78, 5) is 29.7. The van der Waals surface area contributed by atoms with Crippen LogP contribution in [0.25, 0.3) is 10.6 Å². The van der Waals surface area contributed by atoms with Gasteiger partial charge in [-0.15, -0.1) is 11.3 Å². The topological polar surface area (TPSA) is 64.0 Å². The Labute approximate surface area is 166 Å². The van der Waals surface area contributed by atoms with E-state index in [0.29, 0.717) is 25.7 Å². The molecule has 0 radical (unpaired) electrons. The lowest BCUT2D eigenvalue weighted by atomic mass is 10.1. The average Bonchev–Trinajstić information content (AvgIpc) is 3.25. The van der Waals surface area contributed by atoms with Crippen molar-refractivity contribution in [1.82, 2.24) is 9.47 Å². The van der Waals surface area contributed by atoms with Crippen LogP contribution in [-0.4, -0.2) is 53.0 Å². The van der Waals surface area contributed by atoms with E-state index in [1.54, 1.807) is 11.3 Å². The fourth-order valence-electron chi connectivity index (χ4n) is 4.42. The molecule has 6 rings (SSSR count). The van der Waals surface area contributed by atoms with E-state index in [0.717, 1.165) is 36.5 Å². The van der Waals surface area contributed by atoms with Crippen molar-refractivity contribution in [3.05, 3.63) is 41.8 Å². The number of thiophene rings is 1. The molecule has 4 aliphatic heterocycles. The fourth-order valence-corrected chi connectivity index (χ4v) is 5.21. The minimum Gasteiger partial charge on any atom is -0.403 e. The summed E-state index contributed by atoms with van der Waals surface area (Å²) in [6.07, 6.45) is 4.11. The number of piperidine rings is 1. The van der Waals surface area contributed by atoms with Crippen LogP contribution in [0.15, 0.2) is 41.8 Å². The van der Waals surface area contributed by atoms with E-state index in [2.05, 4.69) is 33.0 Å². The lowest BCUT2D eigenvalue weighted by Crippen LogP contribution is -2.58. The van der Waals surface area contributed by atoms with Gasteiger partial charge < -0.3 is 18.9 Å². The summed E-state index contributed by atoms with van der Waals surface area (Å²) < 4.78 is 13.6. The predicted molar refractivity (Wildman–Crippen MR) is 105 cm³/mol. The summed E-state index contributed by atoms with van der Waals surface area (Å²) in [5.74, 6) is -1.47. The summed E-state index contributed by atoms with van der Waals surface area (Å²) >= 11 is 1.70. The van der Waals surface area contributed by atoms with E-state index in [-0.39, 0.29) is 0 Å². The monoisotopic (exact) mass is 399 g/mol. The molecule has 4 aliphatic rings. The number of nitrogens with zero attached hydrogens (tertiary/aromatic N) is 3. The molecule has 0 saturated carbocycles. The number of rotatable bonds is 2. The first-order valence-corrected chi connectivity index (χ1v) is 10.3. The number of esters is 2. The maximum atomic E-state index is 12.2. The van der Waals surface area contributed by atoms with Gasteiger partial charge in [-0.3, -0.25) is 0 Å². The minimum atomic E-state index is -1.39. The largest absolute Gasteiger partial charge is 0.403 e. The first kappa shape index (κ1) is 17.5. The Morgan fingerprint density at radius 2 is 1.79 bits per heavy atom. The van der Waals surface area contributed by atoms with Gasteiger partial charge in [0, 0.05) is 38.3 Å². The number of ether oxygens (including phenoxy) is 2. The molecule has 0 unspecified atom stereocenters. The van der Waals surface area contributed by atoms with E-state index in [1.807, 2.05) is 18.0 Å². The van der Waals surface area contributed by atoms with Gasteiger partial charge >= 0.3 is 17.8 Å². The molecule has 0 amide bonds. The van der Waals surface area contributed by atoms with Crippen molar-refractivity contribution in [3.8, 4) is 10.6 Å². The second-order valence-corrected chi connectivity index (χ2v) is 8.30. The maximum absolute atomic E-state index is 12.2. The van der Waals surface area contributed by atoms with Crippen molar-refractivity contribution in [2.24, 2.45) is 7.05 Å². The first-order chi connectivity index (χ1) is 13.6. The summed E-state index contributed by atoms with van der Waals surface area (Å²) in [6, 6.07) is 8.65. The molecule has 1 spiro atoms. The van der Waals surface area contributed by atoms with Crippen molar-refractivity contribution in [3.63, 3.8) is 0 Å². The SMILES string of the molecule is Cn1c(-c2cccs2)ccc1N1CC2(OC(=O)C=CC(=O)O2)N2CCC1CC2. The van der Waals surface area contributed by atoms with Gasteiger partial charge in [0.05, 0.1) is 10.6 Å². The molecule has 0 N–H and O–H groups in total. The second kappa shape index (κ2) is 6.49. The van der Waals surface area contributed by atoms with Crippen LogP contribution in [0.5, 0.6) is 0 Å². The average molecular weight is 399 g/mol. The highest BCUT2D eigenvalue weighted by Gasteiger charge is 2.52. The molecule has 2 aromatic heterocycles. The Hall–Kier alpha value is -2.58. The number of hydrogen-bond acceptors (Lipinski definition) is 7.